The predicted octanol–water partition coefficient (Wildman–Crippen LogP) is 3.03. The molecule has 0 radical (unpaired) electrons. The highest BCUT2D eigenvalue weighted by molar-refractivity contribution is 5.62. The minimum absolute atomic E-state index is 0.222. The van der Waals surface area contributed by atoms with Gasteiger partial charge in [0.1, 0.15) is 5.82 Å². The van der Waals surface area contributed by atoms with E-state index in [4.69, 9.17) is 5.53 Å². The van der Waals surface area contributed by atoms with Gasteiger partial charge in [-0.05, 0) is 29.8 Å². The minimum Gasteiger partial charge on any atom is -0.278 e. The summed E-state index contributed by atoms with van der Waals surface area (Å²) >= 11 is 0. The van der Waals surface area contributed by atoms with E-state index in [2.05, 4.69) is 20.2 Å². The van der Waals surface area contributed by atoms with E-state index in [1.165, 1.54) is 12.1 Å². The quantitative estimate of drug-likeness (QED) is 0.478. The summed E-state index contributed by atoms with van der Waals surface area (Å²) in [7, 11) is 0. The van der Waals surface area contributed by atoms with Gasteiger partial charge in [-0.3, -0.25) is 5.10 Å². The van der Waals surface area contributed by atoms with E-state index in [1.807, 2.05) is 0 Å². The molecule has 0 aliphatic carbocycles. The molecule has 2 aromatic rings. The van der Waals surface area contributed by atoms with E-state index in [-0.39, 0.29) is 12.4 Å². The maximum atomic E-state index is 12.7. The Morgan fingerprint density at radius 2 is 2.12 bits per heavy atom. The molecule has 0 spiro atoms. The molecule has 0 saturated carbocycles. The maximum absolute atomic E-state index is 12.7. The van der Waals surface area contributed by atoms with Gasteiger partial charge >= 0.3 is 0 Å². The normalized spacial score (nSPS) is 9.81. The van der Waals surface area contributed by atoms with Crippen molar-refractivity contribution in [1.82, 2.24) is 10.2 Å². The number of hydrogen-bond donors (Lipinski definition) is 1. The summed E-state index contributed by atoms with van der Waals surface area (Å²) in [4.78, 5) is 2.68. The van der Waals surface area contributed by atoms with Crippen LogP contribution in [0.5, 0.6) is 0 Å². The van der Waals surface area contributed by atoms with Crippen molar-refractivity contribution in [2.75, 3.05) is 0 Å². The van der Waals surface area contributed by atoms with Gasteiger partial charge in [0.05, 0.1) is 18.4 Å². The first-order valence-electron chi connectivity index (χ1n) is 4.60. The number of hydrogen-bond acceptors (Lipinski definition) is 2. The van der Waals surface area contributed by atoms with Gasteiger partial charge in [0.25, 0.3) is 0 Å². The fraction of sp³-hybridized carbons (Fsp3) is 0.100. The van der Waals surface area contributed by atoms with Crippen LogP contribution in [0.1, 0.15) is 5.56 Å². The van der Waals surface area contributed by atoms with E-state index in [9.17, 15) is 4.39 Å². The van der Waals surface area contributed by atoms with Gasteiger partial charge in [-0.15, -0.1) is 0 Å². The molecule has 0 saturated heterocycles. The Morgan fingerprint density at radius 1 is 1.38 bits per heavy atom. The van der Waals surface area contributed by atoms with Crippen molar-refractivity contribution in [1.29, 1.82) is 0 Å². The molecule has 0 unspecified atom stereocenters. The molecular formula is C10H8FN5. The Kier molecular flexibility index (Phi) is 2.84. The summed E-state index contributed by atoms with van der Waals surface area (Å²) in [6.07, 6.45) is 1.59. The van der Waals surface area contributed by atoms with E-state index >= 15 is 0 Å². The van der Waals surface area contributed by atoms with Crippen LogP contribution in [0.3, 0.4) is 0 Å². The van der Waals surface area contributed by atoms with Crippen molar-refractivity contribution < 1.29 is 4.39 Å². The van der Waals surface area contributed by atoms with Crippen LogP contribution >= 0.6 is 0 Å². The Morgan fingerprint density at radius 3 is 2.81 bits per heavy atom. The average Bonchev–Trinajstić information content (AvgIpc) is 2.75. The predicted molar refractivity (Wildman–Crippen MR) is 56.8 cm³/mol. The van der Waals surface area contributed by atoms with Crippen LogP contribution in [0.25, 0.3) is 21.7 Å². The molecule has 5 nitrogen and oxygen atoms in total. The van der Waals surface area contributed by atoms with Gasteiger partial charge in [0.15, 0.2) is 0 Å². The zero-order valence-corrected chi connectivity index (χ0v) is 8.26. The molecule has 1 aromatic heterocycles. The summed E-state index contributed by atoms with van der Waals surface area (Å²) in [5.41, 5.74) is 10.6. The lowest BCUT2D eigenvalue weighted by molar-refractivity contribution is 0.628. The largest absolute Gasteiger partial charge is 0.278 e. The smallest absolute Gasteiger partial charge is 0.123 e. The molecule has 1 aromatic carbocycles. The minimum atomic E-state index is -0.292. The molecule has 1 heterocycles. The fourth-order valence-electron chi connectivity index (χ4n) is 1.41. The highest BCUT2D eigenvalue weighted by Gasteiger charge is 2.06. The van der Waals surface area contributed by atoms with Crippen LogP contribution < -0.4 is 0 Å². The van der Waals surface area contributed by atoms with Gasteiger partial charge in [-0.25, -0.2) is 4.39 Å². The van der Waals surface area contributed by atoms with Crippen LogP contribution in [-0.2, 0) is 6.54 Å². The van der Waals surface area contributed by atoms with Crippen molar-refractivity contribution in [3.05, 3.63) is 52.3 Å². The van der Waals surface area contributed by atoms with Crippen molar-refractivity contribution in [3.8, 4) is 11.3 Å². The van der Waals surface area contributed by atoms with E-state index < -0.39 is 0 Å². The van der Waals surface area contributed by atoms with Gasteiger partial charge in [0.2, 0.25) is 0 Å². The number of aromatic nitrogens is 2. The zero-order chi connectivity index (χ0) is 11.4. The maximum Gasteiger partial charge on any atom is 0.123 e. The molecule has 2 rings (SSSR count). The lowest BCUT2D eigenvalue weighted by Crippen LogP contribution is -1.85. The SMILES string of the molecule is [N-]=[N+]=NCc1cn[nH]c1-c1ccc(F)cc1. The Balaban J connectivity index is 2.36. The van der Waals surface area contributed by atoms with Gasteiger partial charge in [-0.1, -0.05) is 5.11 Å². The third-order valence-electron chi connectivity index (χ3n) is 2.16. The molecule has 0 aliphatic heterocycles. The number of halogens is 1. The third-order valence-corrected chi connectivity index (χ3v) is 2.16. The van der Waals surface area contributed by atoms with E-state index in [0.29, 0.717) is 0 Å². The van der Waals surface area contributed by atoms with Gasteiger partial charge in [-0.2, -0.15) is 5.10 Å². The van der Waals surface area contributed by atoms with Gasteiger partial charge in [0, 0.05) is 16.0 Å². The molecule has 80 valence electrons. The summed E-state index contributed by atoms with van der Waals surface area (Å²) in [6, 6.07) is 6.02. The lowest BCUT2D eigenvalue weighted by Gasteiger charge is -2.00. The molecule has 6 heteroatoms. The Labute approximate surface area is 90.5 Å². The lowest BCUT2D eigenvalue weighted by atomic mass is 10.1. The molecule has 0 bridgehead atoms. The summed E-state index contributed by atoms with van der Waals surface area (Å²) < 4.78 is 12.7. The Hall–Kier alpha value is -2.33. The number of nitrogens with one attached hydrogen (secondary N) is 1. The molecule has 0 fully saturated rings. The second kappa shape index (κ2) is 4.46. The van der Waals surface area contributed by atoms with Crippen LogP contribution in [0.4, 0.5) is 4.39 Å². The van der Waals surface area contributed by atoms with Gasteiger partial charge < -0.3 is 0 Å². The van der Waals surface area contributed by atoms with Crippen molar-refractivity contribution in [2.24, 2.45) is 5.11 Å². The van der Waals surface area contributed by atoms with Crippen molar-refractivity contribution in [2.45, 2.75) is 6.54 Å². The first-order valence-corrected chi connectivity index (χ1v) is 4.60. The van der Waals surface area contributed by atoms with Crippen LogP contribution in [-0.4, -0.2) is 10.2 Å². The Bertz CT molecular complexity index is 524. The highest BCUT2D eigenvalue weighted by atomic mass is 19.1. The highest BCUT2D eigenvalue weighted by Crippen LogP contribution is 2.21. The summed E-state index contributed by atoms with van der Waals surface area (Å²) in [6.45, 7) is 0.222. The second-order valence-electron chi connectivity index (χ2n) is 3.17. The molecule has 16 heavy (non-hydrogen) atoms. The number of nitrogens with zero attached hydrogens (tertiary/aromatic N) is 4. The van der Waals surface area contributed by atoms with Crippen LogP contribution in [0, 0.1) is 5.82 Å². The average molecular weight is 217 g/mol. The standard InChI is InChI=1S/C10H8FN5/c11-9-3-1-7(2-4-9)10-8(5-13-15-10)6-14-16-12/h1-5H,6H2,(H,13,15). The molecule has 0 aliphatic rings. The second-order valence-corrected chi connectivity index (χ2v) is 3.17. The van der Waals surface area contributed by atoms with E-state index in [0.717, 1.165) is 16.8 Å². The number of H-pyrrole nitrogens is 1. The first-order chi connectivity index (χ1) is 7.81. The molecule has 0 atom stereocenters. The summed E-state index contributed by atoms with van der Waals surface area (Å²) in [5.74, 6) is -0.292. The zero-order valence-electron chi connectivity index (χ0n) is 8.26. The number of aromatic amines is 1. The topological polar surface area (TPSA) is 77.4 Å². The van der Waals surface area contributed by atoms with Crippen LogP contribution in [0.15, 0.2) is 35.6 Å². The number of benzene rings is 1. The third kappa shape index (κ3) is 2.02. The monoisotopic (exact) mass is 217 g/mol. The number of rotatable bonds is 3. The first kappa shape index (κ1) is 10.2. The molecule has 1 N–H and O–H groups in total. The van der Waals surface area contributed by atoms with Crippen LogP contribution in [0.2, 0.25) is 0 Å². The summed E-state index contributed by atoms with van der Waals surface area (Å²) in [5, 5.41) is 10.1. The number of azide groups is 1. The van der Waals surface area contributed by atoms with E-state index in [1.54, 1.807) is 18.3 Å². The molecular weight excluding hydrogens is 209 g/mol. The fourth-order valence-corrected chi connectivity index (χ4v) is 1.41. The van der Waals surface area contributed by atoms with Crippen molar-refractivity contribution >= 4 is 0 Å². The molecule has 0 amide bonds. The van der Waals surface area contributed by atoms with Crippen molar-refractivity contribution in [3.63, 3.8) is 0 Å².